The molecule has 192 valence electrons. The first-order valence-corrected chi connectivity index (χ1v) is 13.6. The molecule has 3 aromatic rings. The molecule has 0 aliphatic carbocycles. The van der Waals surface area contributed by atoms with Crippen molar-refractivity contribution in [3.63, 3.8) is 0 Å². The number of ether oxygens (including phenoxy) is 1. The molecule has 0 aliphatic heterocycles. The number of carbonyl (C=O) groups excluding carboxylic acids is 1. The summed E-state index contributed by atoms with van der Waals surface area (Å²) in [7, 11) is -2.81. The number of sulfonamides is 1. The fourth-order valence-electron chi connectivity index (χ4n) is 3.29. The summed E-state index contributed by atoms with van der Waals surface area (Å²) < 4.78 is 38.4. The maximum Gasteiger partial charge on any atom is 0.273 e. The van der Waals surface area contributed by atoms with E-state index in [1.54, 1.807) is 30.2 Å². The Morgan fingerprint density at radius 2 is 1.94 bits per heavy atom. The van der Waals surface area contributed by atoms with Crippen molar-refractivity contribution in [3.8, 4) is 5.75 Å². The minimum absolute atomic E-state index is 0.225. The number of benzene rings is 2. The second-order valence-corrected chi connectivity index (χ2v) is 10.7. The van der Waals surface area contributed by atoms with Gasteiger partial charge in [0.2, 0.25) is 5.91 Å². The summed E-state index contributed by atoms with van der Waals surface area (Å²) in [6.07, 6.45) is 2.31. The van der Waals surface area contributed by atoms with E-state index in [0.29, 0.717) is 24.3 Å². The van der Waals surface area contributed by atoms with Gasteiger partial charge in [-0.1, -0.05) is 6.07 Å². The van der Waals surface area contributed by atoms with Crippen LogP contribution in [0.1, 0.15) is 17.7 Å². The topological polar surface area (TPSA) is 132 Å². The lowest BCUT2D eigenvalue weighted by atomic mass is 10.2. The van der Waals surface area contributed by atoms with E-state index in [2.05, 4.69) is 5.32 Å². The van der Waals surface area contributed by atoms with Gasteiger partial charge >= 0.3 is 0 Å². The van der Waals surface area contributed by atoms with Gasteiger partial charge < -0.3 is 14.5 Å². The number of nitrogens with one attached hydrogen (secondary N) is 1. The molecule has 12 heteroatoms. The number of rotatable bonds is 13. The fourth-order valence-corrected chi connectivity index (χ4v) is 5.59. The van der Waals surface area contributed by atoms with Crippen molar-refractivity contribution in [1.82, 2.24) is 5.32 Å². The first-order valence-electron chi connectivity index (χ1n) is 11.0. The first-order chi connectivity index (χ1) is 17.2. The molecule has 0 saturated heterocycles. The predicted molar refractivity (Wildman–Crippen MR) is 138 cm³/mol. The molecule has 3 rings (SSSR count). The van der Waals surface area contributed by atoms with Gasteiger partial charge in [0.1, 0.15) is 18.1 Å². The average molecular weight is 534 g/mol. The number of anilines is 1. The summed E-state index contributed by atoms with van der Waals surface area (Å²) >= 11 is 1.66. The van der Waals surface area contributed by atoms with Crippen LogP contribution in [0.3, 0.4) is 0 Å². The van der Waals surface area contributed by atoms with Crippen molar-refractivity contribution in [1.29, 1.82) is 0 Å². The van der Waals surface area contributed by atoms with Crippen LogP contribution in [0.15, 0.2) is 70.2 Å². The van der Waals surface area contributed by atoms with Crippen LogP contribution in [0, 0.1) is 17.0 Å². The van der Waals surface area contributed by atoms with Crippen LogP contribution in [-0.4, -0.2) is 45.2 Å². The van der Waals surface area contributed by atoms with E-state index in [9.17, 15) is 23.3 Å². The molecule has 0 spiro atoms. The second-order valence-electron chi connectivity index (χ2n) is 7.75. The largest absolute Gasteiger partial charge is 0.497 e. The lowest BCUT2D eigenvalue weighted by Gasteiger charge is -2.24. The molecular formula is C24H27N3O7S2. The maximum absolute atomic E-state index is 13.5. The number of hydrogen-bond acceptors (Lipinski definition) is 8. The van der Waals surface area contributed by atoms with E-state index in [0.717, 1.165) is 27.6 Å². The van der Waals surface area contributed by atoms with Gasteiger partial charge in [-0.3, -0.25) is 19.2 Å². The number of furan rings is 1. The van der Waals surface area contributed by atoms with Gasteiger partial charge in [0.05, 0.1) is 34.6 Å². The third-order valence-corrected chi connectivity index (χ3v) is 8.06. The summed E-state index contributed by atoms with van der Waals surface area (Å²) in [6.45, 7) is 1.41. The molecule has 36 heavy (non-hydrogen) atoms. The van der Waals surface area contributed by atoms with Gasteiger partial charge in [0.25, 0.3) is 15.7 Å². The molecular weight excluding hydrogens is 506 g/mol. The Labute approximate surface area is 213 Å². The Balaban J connectivity index is 1.72. The van der Waals surface area contributed by atoms with E-state index >= 15 is 0 Å². The molecule has 1 N–H and O–H groups in total. The molecule has 1 heterocycles. The second kappa shape index (κ2) is 12.5. The zero-order valence-electron chi connectivity index (χ0n) is 19.9. The number of hydrogen-bond donors (Lipinski definition) is 1. The van der Waals surface area contributed by atoms with Gasteiger partial charge in [0, 0.05) is 18.2 Å². The Morgan fingerprint density at radius 3 is 2.58 bits per heavy atom. The number of methoxy groups -OCH3 is 1. The highest BCUT2D eigenvalue weighted by Crippen LogP contribution is 2.29. The Kier molecular flexibility index (Phi) is 9.37. The smallest absolute Gasteiger partial charge is 0.273 e. The Bertz CT molecular complexity index is 1280. The standard InChI is InChI=1S/C24H27N3O7S2/c1-18-6-11-22(15-23(18)27(29)30)36(31,32)26(19-7-9-20(33-2)10-8-19)16-24(28)25-12-4-14-35-17-21-5-3-13-34-21/h3,5-11,13,15H,4,12,14,16-17H2,1-2H3,(H,25,28). The molecule has 0 unspecified atom stereocenters. The minimum Gasteiger partial charge on any atom is -0.497 e. The van der Waals surface area contributed by atoms with E-state index in [1.807, 2.05) is 12.1 Å². The maximum atomic E-state index is 13.5. The van der Waals surface area contributed by atoms with Crippen molar-refractivity contribution in [3.05, 3.63) is 82.3 Å². The van der Waals surface area contributed by atoms with Crippen LogP contribution in [0.4, 0.5) is 11.4 Å². The van der Waals surface area contributed by atoms with Gasteiger partial charge in [-0.2, -0.15) is 11.8 Å². The van der Waals surface area contributed by atoms with Crippen molar-refractivity contribution in [2.24, 2.45) is 0 Å². The van der Waals surface area contributed by atoms with Crippen LogP contribution in [-0.2, 0) is 20.6 Å². The number of carbonyl (C=O) groups is 1. The molecule has 10 nitrogen and oxygen atoms in total. The number of nitro benzene ring substituents is 1. The average Bonchev–Trinajstić information content (AvgIpc) is 3.38. The Morgan fingerprint density at radius 1 is 1.19 bits per heavy atom. The van der Waals surface area contributed by atoms with Crippen molar-refractivity contribution < 1.29 is 27.3 Å². The van der Waals surface area contributed by atoms with Gasteiger partial charge in [-0.05, 0) is 61.6 Å². The van der Waals surface area contributed by atoms with Crippen LogP contribution in [0.5, 0.6) is 5.75 Å². The number of amides is 1. The van der Waals surface area contributed by atoms with Crippen molar-refractivity contribution in [2.75, 3.05) is 30.3 Å². The van der Waals surface area contributed by atoms with Crippen LogP contribution >= 0.6 is 11.8 Å². The highest BCUT2D eigenvalue weighted by Gasteiger charge is 2.29. The van der Waals surface area contributed by atoms with Crippen LogP contribution in [0.2, 0.25) is 0 Å². The van der Waals surface area contributed by atoms with E-state index in [1.165, 1.54) is 38.3 Å². The monoisotopic (exact) mass is 533 g/mol. The molecule has 1 aromatic heterocycles. The molecule has 0 aliphatic rings. The summed E-state index contributed by atoms with van der Waals surface area (Å²) in [4.78, 5) is 23.1. The van der Waals surface area contributed by atoms with Gasteiger partial charge in [-0.25, -0.2) is 8.42 Å². The molecule has 0 fully saturated rings. The summed E-state index contributed by atoms with van der Waals surface area (Å²) in [5.74, 6) is 2.41. The van der Waals surface area contributed by atoms with E-state index in [-0.39, 0.29) is 16.3 Å². The number of aryl methyl sites for hydroxylation is 1. The van der Waals surface area contributed by atoms with Gasteiger partial charge in [0.15, 0.2) is 0 Å². The van der Waals surface area contributed by atoms with E-state index in [4.69, 9.17) is 9.15 Å². The first kappa shape index (κ1) is 27.1. The highest BCUT2D eigenvalue weighted by atomic mass is 32.2. The number of nitro groups is 1. The predicted octanol–water partition coefficient (Wildman–Crippen LogP) is 4.14. The van der Waals surface area contributed by atoms with Crippen LogP contribution < -0.4 is 14.4 Å². The highest BCUT2D eigenvalue weighted by molar-refractivity contribution is 7.98. The van der Waals surface area contributed by atoms with Crippen molar-refractivity contribution in [2.45, 2.75) is 24.0 Å². The van der Waals surface area contributed by atoms with E-state index < -0.39 is 27.4 Å². The molecule has 0 bridgehead atoms. The third-order valence-electron chi connectivity index (χ3n) is 5.22. The van der Waals surface area contributed by atoms with Crippen molar-refractivity contribution >= 4 is 39.1 Å². The molecule has 0 atom stereocenters. The quantitative estimate of drug-likeness (QED) is 0.197. The number of nitrogens with zero attached hydrogens (tertiary/aromatic N) is 2. The van der Waals surface area contributed by atoms with Crippen LogP contribution in [0.25, 0.3) is 0 Å². The summed E-state index contributed by atoms with van der Waals surface area (Å²) in [5, 5.41) is 14.1. The molecule has 0 radical (unpaired) electrons. The summed E-state index contributed by atoms with van der Waals surface area (Å²) in [6, 6.07) is 13.6. The minimum atomic E-state index is -4.29. The lowest BCUT2D eigenvalue weighted by molar-refractivity contribution is -0.385. The lowest BCUT2D eigenvalue weighted by Crippen LogP contribution is -2.41. The molecule has 0 saturated carbocycles. The molecule has 2 aromatic carbocycles. The molecule has 1 amide bonds. The number of thioether (sulfide) groups is 1. The normalized spacial score (nSPS) is 11.2. The fraction of sp³-hybridized carbons (Fsp3) is 0.292. The zero-order valence-corrected chi connectivity index (χ0v) is 21.5. The van der Waals surface area contributed by atoms with Gasteiger partial charge in [-0.15, -0.1) is 0 Å². The Hall–Kier alpha value is -3.51. The zero-order chi connectivity index (χ0) is 26.1. The summed E-state index contributed by atoms with van der Waals surface area (Å²) in [5.41, 5.74) is 0.239. The third kappa shape index (κ3) is 7.01. The SMILES string of the molecule is COc1ccc(N(CC(=O)NCCCSCc2ccco2)S(=O)(=O)c2ccc(C)c([N+](=O)[O-])c2)cc1.